The fourth-order valence-corrected chi connectivity index (χ4v) is 2.15. The Kier molecular flexibility index (Phi) is 3.11. The van der Waals surface area contributed by atoms with Gasteiger partial charge in [-0.25, -0.2) is 0 Å². The third kappa shape index (κ3) is 2.58. The summed E-state index contributed by atoms with van der Waals surface area (Å²) in [5, 5.41) is 12.2. The molecular formula is C15H23O. The molecule has 0 aliphatic rings. The highest BCUT2D eigenvalue weighted by atomic mass is 16.3. The molecule has 0 aliphatic heterocycles. The second-order valence-electron chi connectivity index (χ2n) is 6.67. The summed E-state index contributed by atoms with van der Waals surface area (Å²) in [6, 6.07) is 3.95. The quantitative estimate of drug-likeness (QED) is 0.601. The molecule has 0 aromatic heterocycles. The summed E-state index contributed by atoms with van der Waals surface area (Å²) in [5.74, 6) is 0.178. The van der Waals surface area contributed by atoms with E-state index in [1.807, 2.05) is 6.92 Å². The predicted molar refractivity (Wildman–Crippen MR) is 68.7 cm³/mol. The van der Waals surface area contributed by atoms with Crippen LogP contribution in [0.3, 0.4) is 0 Å². The molecule has 1 nitrogen and oxygen atoms in total. The van der Waals surface area contributed by atoms with E-state index >= 15 is 0 Å². The molecule has 0 N–H and O–H groups in total. The van der Waals surface area contributed by atoms with E-state index in [2.05, 4.69) is 47.6 Å². The van der Waals surface area contributed by atoms with E-state index in [1.165, 1.54) is 0 Å². The van der Waals surface area contributed by atoms with Gasteiger partial charge < -0.3 is 0 Å². The molecule has 1 rings (SSSR count). The fourth-order valence-electron chi connectivity index (χ4n) is 2.15. The van der Waals surface area contributed by atoms with Crippen LogP contribution in [0.4, 0.5) is 0 Å². The highest BCUT2D eigenvalue weighted by Crippen LogP contribution is 2.37. The van der Waals surface area contributed by atoms with Crippen molar-refractivity contribution in [1.82, 2.24) is 0 Å². The Balaban J connectivity index is 3.41. The lowest BCUT2D eigenvalue weighted by Crippen LogP contribution is -2.16. The minimum Gasteiger partial charge on any atom is -0.290 e. The van der Waals surface area contributed by atoms with Crippen molar-refractivity contribution in [2.45, 2.75) is 59.3 Å². The molecule has 0 spiro atoms. The third-order valence-corrected chi connectivity index (χ3v) is 2.92. The Morgan fingerprint density at radius 2 is 1.38 bits per heavy atom. The van der Waals surface area contributed by atoms with Crippen molar-refractivity contribution in [3.05, 3.63) is 28.8 Å². The maximum Gasteiger partial charge on any atom is 0.182 e. The fraction of sp³-hybridized carbons (Fsp3) is 0.600. The van der Waals surface area contributed by atoms with Crippen LogP contribution in [-0.2, 0) is 15.9 Å². The van der Waals surface area contributed by atoms with Crippen LogP contribution in [0.25, 0.3) is 0 Å². The lowest BCUT2D eigenvalue weighted by Gasteiger charge is -2.26. The van der Waals surface area contributed by atoms with Crippen LogP contribution in [-0.4, -0.2) is 0 Å². The average Bonchev–Trinajstić information content (AvgIpc) is 1.97. The van der Waals surface area contributed by atoms with Gasteiger partial charge in [0.05, 0.1) is 0 Å². The van der Waals surface area contributed by atoms with Crippen molar-refractivity contribution < 1.29 is 5.11 Å². The Morgan fingerprint density at radius 1 is 0.875 bits per heavy atom. The molecule has 0 heterocycles. The molecule has 1 aromatic rings. The molecule has 0 aliphatic carbocycles. The van der Waals surface area contributed by atoms with Crippen LogP contribution < -0.4 is 0 Å². The molecule has 1 heteroatoms. The minimum absolute atomic E-state index is 0.0420. The molecule has 1 aromatic carbocycles. The lowest BCUT2D eigenvalue weighted by molar-refractivity contribution is 0.338. The molecule has 16 heavy (non-hydrogen) atoms. The van der Waals surface area contributed by atoms with Crippen LogP contribution in [0.1, 0.15) is 58.2 Å². The van der Waals surface area contributed by atoms with Crippen LogP contribution in [0.5, 0.6) is 5.75 Å². The second kappa shape index (κ2) is 3.80. The highest BCUT2D eigenvalue weighted by Gasteiger charge is 2.24. The van der Waals surface area contributed by atoms with Gasteiger partial charge in [0.15, 0.2) is 5.75 Å². The van der Waals surface area contributed by atoms with E-state index in [9.17, 15) is 5.11 Å². The molecule has 0 unspecified atom stereocenters. The van der Waals surface area contributed by atoms with Gasteiger partial charge in [-0.1, -0.05) is 47.6 Å². The Hall–Kier alpha value is -0.980. The monoisotopic (exact) mass is 219 g/mol. The largest absolute Gasteiger partial charge is 0.290 e. The van der Waals surface area contributed by atoms with Gasteiger partial charge in [-0.05, 0) is 34.9 Å². The first-order chi connectivity index (χ1) is 7.03. The van der Waals surface area contributed by atoms with E-state index in [4.69, 9.17) is 0 Å². The lowest BCUT2D eigenvalue weighted by atomic mass is 9.79. The van der Waals surface area contributed by atoms with Gasteiger partial charge in [0.2, 0.25) is 0 Å². The molecule has 0 saturated heterocycles. The summed E-state index contributed by atoms with van der Waals surface area (Å²) in [4.78, 5) is 0. The van der Waals surface area contributed by atoms with Gasteiger partial charge in [0, 0.05) is 5.56 Å². The molecule has 0 atom stereocenters. The number of aryl methyl sites for hydroxylation is 1. The molecule has 0 bridgehead atoms. The summed E-state index contributed by atoms with van der Waals surface area (Å²) >= 11 is 0. The van der Waals surface area contributed by atoms with Gasteiger partial charge in [-0.3, -0.25) is 5.11 Å². The van der Waals surface area contributed by atoms with Gasteiger partial charge in [0.1, 0.15) is 0 Å². The van der Waals surface area contributed by atoms with Crippen molar-refractivity contribution in [3.63, 3.8) is 0 Å². The number of rotatable bonds is 0. The molecule has 0 fully saturated rings. The normalized spacial score (nSPS) is 12.9. The maximum absolute atomic E-state index is 12.2. The van der Waals surface area contributed by atoms with Gasteiger partial charge in [-0.15, -0.1) is 0 Å². The zero-order chi connectivity index (χ0) is 12.7. The van der Waals surface area contributed by atoms with Gasteiger partial charge >= 0.3 is 0 Å². The van der Waals surface area contributed by atoms with Crippen LogP contribution in [0, 0.1) is 6.92 Å². The van der Waals surface area contributed by atoms with E-state index < -0.39 is 0 Å². The molecule has 0 amide bonds. The summed E-state index contributed by atoms with van der Waals surface area (Å²) in [6.45, 7) is 14.7. The molecule has 0 saturated carbocycles. The standard InChI is InChI=1S/C15H23O/c1-10-8-11(14(2,3)4)9-12(16)13(10)15(5,6)7/h8-9H,1-7H3. The van der Waals surface area contributed by atoms with Crippen LogP contribution in [0.15, 0.2) is 12.1 Å². The maximum atomic E-state index is 12.2. The first-order valence-electron chi connectivity index (χ1n) is 5.86. The first-order valence-corrected chi connectivity index (χ1v) is 5.86. The molecule has 1 radical (unpaired) electrons. The number of hydrogen-bond donors (Lipinski definition) is 0. The SMILES string of the molecule is Cc1cc(C(C)(C)C)cc([O])c1C(C)(C)C. The summed E-state index contributed by atoms with van der Waals surface area (Å²) in [6.07, 6.45) is 0. The Bertz CT molecular complexity index is 366. The van der Waals surface area contributed by atoms with Crippen molar-refractivity contribution in [2.24, 2.45) is 0 Å². The van der Waals surface area contributed by atoms with E-state index in [-0.39, 0.29) is 16.6 Å². The Morgan fingerprint density at radius 3 is 1.69 bits per heavy atom. The minimum atomic E-state index is -0.0718. The smallest absolute Gasteiger partial charge is 0.182 e. The van der Waals surface area contributed by atoms with E-state index in [1.54, 1.807) is 6.07 Å². The van der Waals surface area contributed by atoms with Crippen molar-refractivity contribution in [3.8, 4) is 5.75 Å². The zero-order valence-electron chi connectivity index (χ0n) is 11.6. The highest BCUT2D eigenvalue weighted by molar-refractivity contribution is 5.47. The first kappa shape index (κ1) is 13.1. The van der Waals surface area contributed by atoms with Crippen LogP contribution in [0.2, 0.25) is 0 Å². The second-order valence-corrected chi connectivity index (χ2v) is 6.67. The number of benzene rings is 1. The number of hydrogen-bond acceptors (Lipinski definition) is 0. The van der Waals surface area contributed by atoms with E-state index in [0.29, 0.717) is 0 Å². The molecule has 89 valence electrons. The molecular weight excluding hydrogens is 196 g/mol. The van der Waals surface area contributed by atoms with E-state index in [0.717, 1.165) is 16.7 Å². The topological polar surface area (TPSA) is 19.9 Å². The van der Waals surface area contributed by atoms with Gasteiger partial charge in [-0.2, -0.15) is 0 Å². The predicted octanol–water partition coefficient (Wildman–Crippen LogP) is 4.73. The third-order valence-electron chi connectivity index (χ3n) is 2.92. The van der Waals surface area contributed by atoms with Crippen molar-refractivity contribution >= 4 is 0 Å². The summed E-state index contributed by atoms with van der Waals surface area (Å²) < 4.78 is 0. The van der Waals surface area contributed by atoms with Gasteiger partial charge in [0.25, 0.3) is 0 Å². The van der Waals surface area contributed by atoms with Crippen LogP contribution >= 0.6 is 0 Å². The summed E-state index contributed by atoms with van der Waals surface area (Å²) in [7, 11) is 0. The zero-order valence-corrected chi connectivity index (χ0v) is 11.6. The Labute approximate surface area is 99.5 Å². The van der Waals surface area contributed by atoms with Crippen molar-refractivity contribution in [1.29, 1.82) is 0 Å². The average molecular weight is 219 g/mol. The summed E-state index contributed by atoms with van der Waals surface area (Å²) in [5.41, 5.74) is 3.16. The van der Waals surface area contributed by atoms with Crippen molar-refractivity contribution in [2.75, 3.05) is 0 Å².